The van der Waals surface area contributed by atoms with Gasteiger partial charge in [-0.25, -0.2) is 12.7 Å². The van der Waals surface area contributed by atoms with Crippen LogP contribution in [-0.4, -0.2) is 30.2 Å². The van der Waals surface area contributed by atoms with Gasteiger partial charge in [0.15, 0.2) is 0 Å². The Bertz CT molecular complexity index is 848. The highest BCUT2D eigenvalue weighted by atomic mass is 32.2. The van der Waals surface area contributed by atoms with E-state index < -0.39 is 15.4 Å². The van der Waals surface area contributed by atoms with Crippen molar-refractivity contribution in [1.82, 2.24) is 9.29 Å². The van der Waals surface area contributed by atoms with Gasteiger partial charge in [0.1, 0.15) is 0 Å². The van der Waals surface area contributed by atoms with E-state index in [4.69, 9.17) is 0 Å². The number of nitrogens with zero attached hydrogens (tertiary/aromatic N) is 2. The van der Waals surface area contributed by atoms with Crippen LogP contribution in [0.4, 0.5) is 0 Å². The zero-order valence-electron chi connectivity index (χ0n) is 13.8. The number of amides is 1. The summed E-state index contributed by atoms with van der Waals surface area (Å²) in [5.41, 5.74) is 1.25. The predicted molar refractivity (Wildman–Crippen MR) is 90.7 cm³/mol. The first-order valence-electron chi connectivity index (χ1n) is 7.86. The number of carbonyl (C=O) groups is 1. The van der Waals surface area contributed by atoms with Crippen LogP contribution in [0.5, 0.6) is 0 Å². The molecule has 0 radical (unpaired) electrons. The Morgan fingerprint density at radius 1 is 1.12 bits per heavy atom. The molecule has 1 amide bonds. The lowest BCUT2D eigenvalue weighted by Crippen LogP contribution is -2.38. The van der Waals surface area contributed by atoms with E-state index in [-0.39, 0.29) is 17.3 Å². The molecule has 5 nitrogen and oxygen atoms in total. The lowest BCUT2D eigenvalue weighted by molar-refractivity contribution is -0.131. The summed E-state index contributed by atoms with van der Waals surface area (Å²) in [6.45, 7) is 3.94. The number of hydrogen-bond donors (Lipinski definition) is 0. The average Bonchev–Trinajstić information content (AvgIpc) is 2.85. The van der Waals surface area contributed by atoms with E-state index in [9.17, 15) is 13.2 Å². The highest BCUT2D eigenvalue weighted by Gasteiger charge is 2.47. The van der Waals surface area contributed by atoms with E-state index in [1.165, 1.54) is 0 Å². The number of aryl methyl sites for hydroxylation is 1. The molecule has 2 heterocycles. The summed E-state index contributed by atoms with van der Waals surface area (Å²) < 4.78 is 26.6. The molecular weight excluding hydrogens is 324 g/mol. The Kier molecular flexibility index (Phi) is 4.17. The first-order chi connectivity index (χ1) is 11.3. The third-order valence-corrected chi connectivity index (χ3v) is 6.36. The van der Waals surface area contributed by atoms with Gasteiger partial charge in [-0.1, -0.05) is 24.6 Å². The van der Waals surface area contributed by atoms with Gasteiger partial charge in [-0.15, -0.1) is 0 Å². The summed E-state index contributed by atoms with van der Waals surface area (Å²) in [7, 11) is -3.80. The van der Waals surface area contributed by atoms with Gasteiger partial charge in [0.2, 0.25) is 5.91 Å². The first kappa shape index (κ1) is 16.6. The second-order valence-corrected chi connectivity index (χ2v) is 8.40. The van der Waals surface area contributed by atoms with E-state index in [0.717, 1.165) is 15.4 Å². The number of pyridine rings is 1. The molecule has 1 aliphatic rings. The molecule has 3 rings (SSSR count). The summed E-state index contributed by atoms with van der Waals surface area (Å²) >= 11 is 0. The fourth-order valence-electron chi connectivity index (χ4n) is 3.04. The minimum atomic E-state index is -3.80. The fourth-order valence-corrected chi connectivity index (χ4v) is 4.54. The Morgan fingerprint density at radius 2 is 1.75 bits per heavy atom. The van der Waals surface area contributed by atoms with Crippen LogP contribution in [-0.2, 0) is 21.2 Å². The standard InChI is InChI=1S/C18H20N2O3S/c1-14-3-5-16(6-4-14)24(22,23)20-12-9-18(2,17(20)21)13-15-7-10-19-11-8-15/h3-8,10-11H,9,12-13H2,1-2H3. The van der Waals surface area contributed by atoms with E-state index >= 15 is 0 Å². The van der Waals surface area contributed by atoms with Gasteiger partial charge in [0.05, 0.1) is 10.3 Å². The molecule has 24 heavy (non-hydrogen) atoms. The molecule has 1 aliphatic heterocycles. The van der Waals surface area contributed by atoms with Gasteiger partial charge in [0.25, 0.3) is 10.0 Å². The average molecular weight is 344 g/mol. The molecule has 0 N–H and O–H groups in total. The van der Waals surface area contributed by atoms with Crippen molar-refractivity contribution in [2.24, 2.45) is 5.41 Å². The molecule has 126 valence electrons. The van der Waals surface area contributed by atoms with Gasteiger partial charge >= 0.3 is 0 Å². The molecular formula is C18H20N2O3S. The normalized spacial score (nSPS) is 21.2. The molecule has 6 heteroatoms. The molecule has 1 fully saturated rings. The van der Waals surface area contributed by atoms with Gasteiger partial charge in [-0.05, 0) is 49.6 Å². The van der Waals surface area contributed by atoms with Gasteiger partial charge in [0, 0.05) is 18.9 Å². The lowest BCUT2D eigenvalue weighted by Gasteiger charge is -2.23. The summed E-state index contributed by atoms with van der Waals surface area (Å²) in [6, 6.07) is 10.3. The largest absolute Gasteiger partial charge is 0.273 e. The smallest absolute Gasteiger partial charge is 0.266 e. The number of hydrogen-bond acceptors (Lipinski definition) is 4. The number of aromatic nitrogens is 1. The minimum absolute atomic E-state index is 0.162. The van der Waals surface area contributed by atoms with Crippen LogP contribution in [0.25, 0.3) is 0 Å². The van der Waals surface area contributed by atoms with Crippen molar-refractivity contribution in [1.29, 1.82) is 0 Å². The second-order valence-electron chi connectivity index (χ2n) is 6.54. The monoisotopic (exact) mass is 344 g/mol. The van der Waals surface area contributed by atoms with Crippen LogP contribution in [0.3, 0.4) is 0 Å². The van der Waals surface area contributed by atoms with Gasteiger partial charge in [-0.3, -0.25) is 9.78 Å². The van der Waals surface area contributed by atoms with Crippen molar-refractivity contribution in [2.75, 3.05) is 6.54 Å². The second kappa shape index (κ2) is 6.02. The summed E-state index contributed by atoms with van der Waals surface area (Å²) in [6.07, 6.45) is 4.38. The van der Waals surface area contributed by atoms with Crippen LogP contribution < -0.4 is 0 Å². The van der Waals surface area contributed by atoms with Gasteiger partial charge < -0.3 is 0 Å². The van der Waals surface area contributed by atoms with Crippen LogP contribution in [0.15, 0.2) is 53.7 Å². The van der Waals surface area contributed by atoms with Crippen LogP contribution in [0, 0.1) is 12.3 Å². The minimum Gasteiger partial charge on any atom is -0.273 e. The maximum absolute atomic E-state index is 12.8. The van der Waals surface area contributed by atoms with Crippen LogP contribution >= 0.6 is 0 Å². The molecule has 0 bridgehead atoms. The maximum Gasteiger partial charge on any atom is 0.266 e. The zero-order chi connectivity index (χ0) is 17.4. The molecule has 0 saturated carbocycles. The number of rotatable bonds is 4. The van der Waals surface area contributed by atoms with E-state index in [1.54, 1.807) is 36.7 Å². The molecule has 1 unspecified atom stereocenters. The van der Waals surface area contributed by atoms with Crippen LogP contribution in [0.2, 0.25) is 0 Å². The summed E-state index contributed by atoms with van der Waals surface area (Å²) in [5, 5.41) is 0. The summed E-state index contributed by atoms with van der Waals surface area (Å²) in [4.78, 5) is 17.0. The molecule has 0 spiro atoms. The van der Waals surface area contributed by atoms with E-state index in [2.05, 4.69) is 4.98 Å². The first-order valence-corrected chi connectivity index (χ1v) is 9.30. The molecule has 1 aromatic heterocycles. The Hall–Kier alpha value is -2.21. The lowest BCUT2D eigenvalue weighted by atomic mass is 9.82. The topological polar surface area (TPSA) is 67.3 Å². The SMILES string of the molecule is Cc1ccc(S(=O)(=O)N2CCC(C)(Cc3ccncc3)C2=O)cc1. The van der Waals surface area contributed by atoms with E-state index in [1.807, 2.05) is 26.0 Å². The molecule has 1 atom stereocenters. The van der Waals surface area contributed by atoms with Crippen molar-refractivity contribution in [3.8, 4) is 0 Å². The predicted octanol–water partition coefficient (Wildman–Crippen LogP) is 2.56. The zero-order valence-corrected chi connectivity index (χ0v) is 14.6. The molecule has 1 aromatic carbocycles. The highest BCUT2D eigenvalue weighted by Crippen LogP contribution is 2.37. The number of benzene rings is 1. The summed E-state index contributed by atoms with van der Waals surface area (Å²) in [5.74, 6) is -0.333. The third-order valence-electron chi connectivity index (χ3n) is 4.56. The Balaban J connectivity index is 1.86. The number of sulfonamides is 1. The molecule has 2 aromatic rings. The van der Waals surface area contributed by atoms with Crippen molar-refractivity contribution in [3.05, 3.63) is 59.9 Å². The van der Waals surface area contributed by atoms with Crippen LogP contribution in [0.1, 0.15) is 24.5 Å². The quantitative estimate of drug-likeness (QED) is 0.855. The van der Waals surface area contributed by atoms with Crippen molar-refractivity contribution in [2.45, 2.75) is 31.6 Å². The third kappa shape index (κ3) is 2.94. The Labute approximate surface area is 142 Å². The van der Waals surface area contributed by atoms with Crippen molar-refractivity contribution in [3.63, 3.8) is 0 Å². The fraction of sp³-hybridized carbons (Fsp3) is 0.333. The van der Waals surface area contributed by atoms with Crippen molar-refractivity contribution >= 4 is 15.9 Å². The Morgan fingerprint density at radius 3 is 2.38 bits per heavy atom. The maximum atomic E-state index is 12.8. The molecule has 1 saturated heterocycles. The van der Waals surface area contributed by atoms with Gasteiger partial charge in [-0.2, -0.15) is 0 Å². The highest BCUT2D eigenvalue weighted by molar-refractivity contribution is 7.89. The van der Waals surface area contributed by atoms with Crippen molar-refractivity contribution < 1.29 is 13.2 Å². The van der Waals surface area contributed by atoms with E-state index in [0.29, 0.717) is 12.8 Å². The molecule has 0 aliphatic carbocycles. The number of carbonyl (C=O) groups excluding carboxylic acids is 1.